The van der Waals surface area contributed by atoms with Gasteiger partial charge in [-0.25, -0.2) is 83.5 Å². The van der Waals surface area contributed by atoms with E-state index in [9.17, 15) is 22.8 Å². The number of H-pyrrole nitrogens is 1. The van der Waals surface area contributed by atoms with Crippen molar-refractivity contribution in [1.82, 2.24) is 103 Å². The number of nitrogen functional groups attached to an aromatic ring is 2. The molecule has 2 saturated carbocycles. The summed E-state index contributed by atoms with van der Waals surface area (Å²) in [6, 6.07) is 10.7. The number of rotatable bonds is 10. The van der Waals surface area contributed by atoms with Crippen molar-refractivity contribution in [2.24, 2.45) is 11.8 Å². The smallest absolute Gasteiger partial charge is 0.387 e. The van der Waals surface area contributed by atoms with Gasteiger partial charge in [0.1, 0.15) is 66.0 Å². The van der Waals surface area contributed by atoms with Crippen LogP contribution in [0.25, 0.3) is 107 Å². The van der Waals surface area contributed by atoms with Crippen molar-refractivity contribution in [1.29, 1.82) is 5.26 Å². The highest BCUT2D eigenvalue weighted by Gasteiger charge is 2.47. The Bertz CT molecular complexity index is 6200. The molecule has 600 valence electrons. The molecule has 3 aliphatic carbocycles. The Balaban J connectivity index is 0.000000100. The lowest BCUT2D eigenvalue weighted by molar-refractivity contribution is -0.0530. The highest BCUT2D eigenvalue weighted by Crippen LogP contribution is 2.48. The summed E-state index contributed by atoms with van der Waals surface area (Å²) in [4.78, 5) is 85.6. The van der Waals surface area contributed by atoms with E-state index >= 15 is 0 Å². The maximum atomic E-state index is 14.0. The number of aromatic nitrogens is 21. The molecule has 5 N–H and O–H groups in total. The number of fused-ring (bicyclic) bond motifs is 16. The number of halogens is 4. The van der Waals surface area contributed by atoms with Gasteiger partial charge in [0.05, 0.1) is 42.2 Å². The fraction of sp³-hybridized carbons (Fsp3) is 0.438. The van der Waals surface area contributed by atoms with Crippen LogP contribution in [0.1, 0.15) is 106 Å². The molecule has 22 heterocycles. The van der Waals surface area contributed by atoms with Crippen LogP contribution in [0.4, 0.5) is 52.6 Å². The van der Waals surface area contributed by atoms with Crippen molar-refractivity contribution in [2.75, 3.05) is 97.8 Å². The number of nitrogens with zero attached hydrogens (tertiary/aromatic N) is 25. The van der Waals surface area contributed by atoms with Crippen molar-refractivity contribution < 1.29 is 41.2 Å². The summed E-state index contributed by atoms with van der Waals surface area (Å²) in [5, 5.41) is 10.1. The van der Waals surface area contributed by atoms with Gasteiger partial charge in [0.2, 0.25) is 5.95 Å². The van der Waals surface area contributed by atoms with Crippen molar-refractivity contribution in [2.45, 2.75) is 148 Å². The van der Waals surface area contributed by atoms with E-state index in [2.05, 4.69) is 102 Å². The molecule has 13 aromatic heterocycles. The van der Waals surface area contributed by atoms with Gasteiger partial charge in [0.15, 0.2) is 85.8 Å². The summed E-state index contributed by atoms with van der Waals surface area (Å²) < 4.78 is 89.3. The Hall–Kier alpha value is -12.3. The largest absolute Gasteiger partial charge is 0.431 e. The van der Waals surface area contributed by atoms with Crippen molar-refractivity contribution in [3.8, 4) is 57.2 Å². The lowest BCUT2D eigenvalue weighted by Crippen LogP contribution is -2.33. The number of ether oxygens (including phenoxy) is 5. The first-order chi connectivity index (χ1) is 56.7. The lowest BCUT2D eigenvalue weighted by Gasteiger charge is -2.30. The van der Waals surface area contributed by atoms with E-state index in [-0.39, 0.29) is 37.0 Å². The number of hydrogen-bond acceptors (Lipinski definition) is 28. The van der Waals surface area contributed by atoms with Crippen LogP contribution in [-0.4, -0.2) is 194 Å². The molecule has 0 amide bonds. The molecule has 12 aliphatic rings. The molecule has 0 unspecified atom stereocenters. The fourth-order valence-corrected chi connectivity index (χ4v) is 17.6. The highest BCUT2D eigenvalue weighted by molar-refractivity contribution is 5.93. The number of hydrogen-bond donors (Lipinski definition) is 3. The van der Waals surface area contributed by atoms with Gasteiger partial charge in [-0.05, 0) is 107 Å². The topological polar surface area (TPSA) is 377 Å². The molecular formula is C80H82F4N28O5. The Labute approximate surface area is 665 Å². The third-order valence-electron chi connectivity index (χ3n) is 23.6. The zero-order valence-electron chi connectivity index (χ0n) is 64.9. The second kappa shape index (κ2) is 28.9. The average molecular weight is 1590 g/mol. The number of allylic oxidation sites excluding steroid dienone is 2. The van der Waals surface area contributed by atoms with Crippen LogP contribution in [0.5, 0.6) is 5.75 Å². The zero-order chi connectivity index (χ0) is 79.9. The third kappa shape index (κ3) is 13.3. The van der Waals surface area contributed by atoms with Gasteiger partial charge in [-0.15, -0.1) is 0 Å². The second-order valence-corrected chi connectivity index (χ2v) is 31.9. The Morgan fingerprint density at radius 1 is 0.615 bits per heavy atom. The summed E-state index contributed by atoms with van der Waals surface area (Å²) in [6.07, 6.45) is 19.5. The SMILES string of the molecule is CC1(C)OCCn2c1nc1c(N3CC4CC3C4)nc(-c3cnc(N)nc3)cc12.CC1=CCc2ncc(-c3nc(N4CCC(F)(F)C4)c4nc5n(c4n3)CCOC5)cc21.CN(C)c1nc(-c2cnc3[nH]cc(C#N)c3c2)nc2c1nc1n2CCCOC1.Nc1ncc(-c2nc(N3CC4CC3C4)c3nc4n(c3n2)CCCOC4)cc1OC(F)F. The third-order valence-corrected chi connectivity index (χ3v) is 23.6. The molecule has 5 saturated heterocycles. The summed E-state index contributed by atoms with van der Waals surface area (Å²) in [7, 11) is 3.88. The van der Waals surface area contributed by atoms with E-state index in [1.807, 2.05) is 35.7 Å². The molecule has 9 aliphatic heterocycles. The highest BCUT2D eigenvalue weighted by atomic mass is 19.3. The number of nitriles is 1. The van der Waals surface area contributed by atoms with Gasteiger partial charge in [0.25, 0.3) is 5.92 Å². The quantitative estimate of drug-likeness (QED) is 0.107. The number of pyridine rings is 4. The number of imidazole rings is 4. The summed E-state index contributed by atoms with van der Waals surface area (Å²) in [6.45, 7) is 12.0. The van der Waals surface area contributed by atoms with Crippen molar-refractivity contribution in [3.63, 3.8) is 0 Å². The molecule has 33 nitrogen and oxygen atoms in total. The lowest BCUT2D eigenvalue weighted by atomic mass is 9.86. The number of alkyl halides is 4. The van der Waals surface area contributed by atoms with E-state index in [1.54, 1.807) is 35.9 Å². The number of aryl methyl sites for hydroxylation is 2. The molecule has 13 aromatic rings. The van der Waals surface area contributed by atoms with Gasteiger partial charge >= 0.3 is 6.61 Å². The molecule has 4 bridgehead atoms. The second-order valence-electron chi connectivity index (χ2n) is 31.9. The molecular weight excluding hydrogens is 1510 g/mol. The van der Waals surface area contributed by atoms with Gasteiger partial charge < -0.3 is 78.0 Å². The van der Waals surface area contributed by atoms with Crippen LogP contribution < -0.4 is 35.8 Å². The first-order valence-corrected chi connectivity index (χ1v) is 39.5. The van der Waals surface area contributed by atoms with E-state index in [1.165, 1.54) is 30.7 Å². The van der Waals surface area contributed by atoms with Gasteiger partial charge in [0, 0.05) is 163 Å². The minimum absolute atomic E-state index is 0.110. The number of nitrogens with two attached hydrogens (primary N) is 2. The first kappa shape index (κ1) is 73.6. The van der Waals surface area contributed by atoms with Crippen LogP contribution in [0.2, 0.25) is 0 Å². The Kier molecular flexibility index (Phi) is 18.2. The number of nitrogens with one attached hydrogen (secondary N) is 1. The monoisotopic (exact) mass is 1590 g/mol. The van der Waals surface area contributed by atoms with Crippen molar-refractivity contribution >= 4 is 96.2 Å². The molecule has 117 heavy (non-hydrogen) atoms. The molecule has 37 heteroatoms. The minimum atomic E-state index is -3.00. The average Bonchev–Trinajstić information content (AvgIpc) is 1.59. The summed E-state index contributed by atoms with van der Waals surface area (Å²) >= 11 is 0. The normalized spacial score (nSPS) is 20.4. The van der Waals surface area contributed by atoms with E-state index < -0.39 is 18.1 Å². The molecule has 0 aromatic carbocycles. The molecule has 7 fully saturated rings. The first-order valence-electron chi connectivity index (χ1n) is 39.5. The Morgan fingerprint density at radius 3 is 1.84 bits per heavy atom. The van der Waals surface area contributed by atoms with E-state index in [4.69, 9.17) is 80.3 Å². The van der Waals surface area contributed by atoms with Crippen molar-refractivity contribution in [3.05, 3.63) is 108 Å². The van der Waals surface area contributed by atoms with Gasteiger partial charge in [-0.3, -0.25) is 4.98 Å². The maximum Gasteiger partial charge on any atom is 0.387 e. The summed E-state index contributed by atoms with van der Waals surface area (Å²) in [5.74, 6) is 6.51. The van der Waals surface area contributed by atoms with Crippen LogP contribution in [0.15, 0.2) is 67.5 Å². The standard InChI is InChI=1S/C21H20F2N6O.C20H21F2N7O2.C20H23N7O.C19H18N8O/c1-12-2-3-15-14(12)8-13(9-24-15)18-26-19(28-5-4-21(22,23)11-28)17-20(27-18)29-6-7-30-10-16(29)25-17;21-20(22)31-13-6-11(7-24-16(13)23)17-26-18-15(25-14-9-30-3-1-2-28(14)18)19(27-17)29-8-10-4-12(29)5-10;1-20(2)18-25-16-15(26(18)3-4-28-20)7-14(12-8-22-19(21)23-9-12)24-17(16)27-10-11-5-13(27)6-11;1-26(2)18-15-19(27-4-3-5-28-10-14(27)23-15)25-16(24-18)11-6-13-12(7-20)9-22-17(13)21-8-11/h2,8-9H,3-7,10-11H2,1H3;6-7,10,12,20H,1-5,8-9H2,(H2,23,24);7-9,11,13H,3-6,10H2,1-2H3,(H2,21,22,23);6,8-9H,3-5,10H2,1-2H3,(H,21,22). The molecule has 0 atom stereocenters. The van der Waals surface area contributed by atoms with E-state index in [0.29, 0.717) is 122 Å². The molecule has 0 spiro atoms. The number of aromatic amines is 1. The van der Waals surface area contributed by atoms with Gasteiger partial charge in [-0.1, -0.05) is 6.08 Å². The predicted octanol–water partition coefficient (Wildman–Crippen LogP) is 10.4. The van der Waals surface area contributed by atoms with Crippen LogP contribution in [0, 0.1) is 23.2 Å². The molecule has 0 radical (unpaired) electrons. The van der Waals surface area contributed by atoms with E-state index in [0.717, 1.165) is 184 Å². The Morgan fingerprint density at radius 2 is 1.20 bits per heavy atom. The fourth-order valence-electron chi connectivity index (χ4n) is 17.6. The minimum Gasteiger partial charge on any atom is -0.431 e. The van der Waals surface area contributed by atoms with Gasteiger partial charge in [-0.2, -0.15) is 14.0 Å². The maximum absolute atomic E-state index is 14.0. The molecule has 25 rings (SSSR count). The predicted molar refractivity (Wildman–Crippen MR) is 425 cm³/mol. The van der Waals surface area contributed by atoms with Crippen LogP contribution >= 0.6 is 0 Å². The number of anilines is 6. The zero-order valence-corrected chi connectivity index (χ0v) is 64.9. The van der Waals surface area contributed by atoms with Crippen LogP contribution in [0.3, 0.4) is 0 Å². The summed E-state index contributed by atoms with van der Waals surface area (Å²) in [5.41, 5.74) is 25.6. The van der Waals surface area contributed by atoms with Crippen LogP contribution in [-0.2, 0) is 77.0 Å².